The molecule has 1 N–H and O–H groups in total. The molecular weight excluding hydrogens is 296 g/mol. The molecule has 0 aliphatic carbocycles. The lowest BCUT2D eigenvalue weighted by molar-refractivity contribution is 0.171. The van der Waals surface area contributed by atoms with Crippen LogP contribution in [0.15, 0.2) is 15.9 Å². The Labute approximate surface area is 117 Å². The first-order chi connectivity index (χ1) is 8.27. The van der Waals surface area contributed by atoms with Crippen molar-refractivity contribution in [2.24, 2.45) is 0 Å². The molecule has 2 rings (SSSR count). The molecule has 2 nitrogen and oxygen atoms in total. The Morgan fingerprint density at radius 1 is 1.41 bits per heavy atom. The largest absolute Gasteiger partial charge is 0.310 e. The van der Waals surface area contributed by atoms with Crippen LogP contribution in [0.4, 0.5) is 0 Å². The van der Waals surface area contributed by atoms with Gasteiger partial charge in [0.25, 0.3) is 0 Å². The van der Waals surface area contributed by atoms with E-state index in [0.29, 0.717) is 6.04 Å². The van der Waals surface area contributed by atoms with Crippen molar-refractivity contribution in [2.75, 3.05) is 19.6 Å². The third-order valence-corrected chi connectivity index (χ3v) is 5.36. The minimum Gasteiger partial charge on any atom is -0.310 e. The van der Waals surface area contributed by atoms with E-state index in [2.05, 4.69) is 44.5 Å². The minimum absolute atomic E-state index is 0.661. The van der Waals surface area contributed by atoms with E-state index in [0.717, 1.165) is 13.1 Å². The third-order valence-electron chi connectivity index (χ3n) is 3.43. The molecule has 2 heterocycles. The van der Waals surface area contributed by atoms with Crippen LogP contribution in [0.5, 0.6) is 0 Å². The van der Waals surface area contributed by atoms with Crippen molar-refractivity contribution in [3.63, 3.8) is 0 Å². The molecule has 1 aliphatic rings. The fraction of sp³-hybridized carbons (Fsp3) is 0.692. The molecule has 0 spiro atoms. The summed E-state index contributed by atoms with van der Waals surface area (Å²) in [5.41, 5.74) is 0. The van der Waals surface area contributed by atoms with Crippen LogP contribution < -0.4 is 5.32 Å². The van der Waals surface area contributed by atoms with Gasteiger partial charge in [0.2, 0.25) is 0 Å². The number of piperidine rings is 1. The number of halogens is 1. The van der Waals surface area contributed by atoms with Gasteiger partial charge in [-0.25, -0.2) is 0 Å². The van der Waals surface area contributed by atoms with Crippen LogP contribution in [0.3, 0.4) is 0 Å². The van der Waals surface area contributed by atoms with Crippen molar-refractivity contribution >= 4 is 27.3 Å². The van der Waals surface area contributed by atoms with Crippen molar-refractivity contribution in [1.29, 1.82) is 0 Å². The predicted octanol–water partition coefficient (Wildman–Crippen LogP) is 3.47. The van der Waals surface area contributed by atoms with E-state index in [9.17, 15) is 0 Å². The van der Waals surface area contributed by atoms with Gasteiger partial charge in [-0.1, -0.05) is 6.42 Å². The van der Waals surface area contributed by atoms with Crippen molar-refractivity contribution in [1.82, 2.24) is 10.2 Å². The van der Waals surface area contributed by atoms with Gasteiger partial charge in [-0.3, -0.25) is 4.90 Å². The van der Waals surface area contributed by atoms with Crippen molar-refractivity contribution in [3.05, 3.63) is 20.8 Å². The Morgan fingerprint density at radius 3 is 2.82 bits per heavy atom. The molecule has 17 heavy (non-hydrogen) atoms. The summed E-state index contributed by atoms with van der Waals surface area (Å²) in [5.74, 6) is 0. The van der Waals surface area contributed by atoms with Gasteiger partial charge in [0.05, 0.1) is 0 Å². The number of hydrogen-bond acceptors (Lipinski definition) is 3. The third kappa shape index (κ3) is 4.05. The number of nitrogens with zero attached hydrogens (tertiary/aromatic N) is 1. The zero-order valence-corrected chi connectivity index (χ0v) is 12.8. The Hall–Kier alpha value is 0.1000. The van der Waals surface area contributed by atoms with E-state index in [1.54, 1.807) is 0 Å². The highest BCUT2D eigenvalue weighted by atomic mass is 79.9. The first-order valence-corrected chi connectivity index (χ1v) is 8.11. The van der Waals surface area contributed by atoms with E-state index in [4.69, 9.17) is 0 Å². The average Bonchev–Trinajstić information content (AvgIpc) is 2.76. The molecule has 1 fully saturated rings. The van der Waals surface area contributed by atoms with Crippen LogP contribution in [-0.2, 0) is 6.54 Å². The SMILES string of the molecule is CC(CNCc1sccc1Br)N1CCCCC1. The summed E-state index contributed by atoms with van der Waals surface area (Å²) in [6, 6.07) is 2.78. The second kappa shape index (κ2) is 6.88. The average molecular weight is 317 g/mol. The molecule has 0 radical (unpaired) electrons. The summed E-state index contributed by atoms with van der Waals surface area (Å²) in [4.78, 5) is 4.01. The highest BCUT2D eigenvalue weighted by Crippen LogP contribution is 2.22. The van der Waals surface area contributed by atoms with Gasteiger partial charge in [0.15, 0.2) is 0 Å². The standard InChI is InChI=1S/C13H21BrN2S/c1-11(16-6-3-2-4-7-16)9-15-10-13-12(14)5-8-17-13/h5,8,11,15H,2-4,6-7,9-10H2,1H3. The van der Waals surface area contributed by atoms with E-state index in [1.807, 2.05) is 11.3 Å². The monoisotopic (exact) mass is 316 g/mol. The molecule has 1 saturated heterocycles. The number of nitrogens with one attached hydrogen (secondary N) is 1. The lowest BCUT2D eigenvalue weighted by Gasteiger charge is -2.32. The Kier molecular flexibility index (Phi) is 5.48. The number of rotatable bonds is 5. The van der Waals surface area contributed by atoms with Crippen LogP contribution in [0, 0.1) is 0 Å². The fourth-order valence-electron chi connectivity index (χ4n) is 2.33. The molecular formula is C13H21BrN2S. The predicted molar refractivity (Wildman–Crippen MR) is 78.6 cm³/mol. The second-order valence-corrected chi connectivity index (χ2v) is 6.62. The molecule has 1 atom stereocenters. The molecule has 96 valence electrons. The summed E-state index contributed by atoms with van der Waals surface area (Å²) >= 11 is 5.38. The quantitative estimate of drug-likeness (QED) is 0.894. The van der Waals surface area contributed by atoms with Gasteiger partial charge in [0, 0.05) is 28.5 Å². The molecule has 1 aliphatic heterocycles. The van der Waals surface area contributed by atoms with Crippen LogP contribution in [0.1, 0.15) is 31.1 Å². The van der Waals surface area contributed by atoms with Crippen LogP contribution in [0.25, 0.3) is 0 Å². The maximum atomic E-state index is 3.57. The highest BCUT2D eigenvalue weighted by molar-refractivity contribution is 9.10. The normalized spacial score (nSPS) is 19.4. The van der Waals surface area contributed by atoms with E-state index in [1.165, 1.54) is 41.7 Å². The summed E-state index contributed by atoms with van der Waals surface area (Å²) < 4.78 is 1.24. The van der Waals surface area contributed by atoms with Crippen LogP contribution in [0.2, 0.25) is 0 Å². The smallest absolute Gasteiger partial charge is 0.0327 e. The molecule has 1 aromatic rings. The van der Waals surface area contributed by atoms with Crippen LogP contribution >= 0.6 is 27.3 Å². The molecule has 4 heteroatoms. The van der Waals surface area contributed by atoms with Crippen molar-refractivity contribution < 1.29 is 0 Å². The lowest BCUT2D eigenvalue weighted by Crippen LogP contribution is -2.42. The second-order valence-electron chi connectivity index (χ2n) is 4.77. The summed E-state index contributed by atoms with van der Waals surface area (Å²) in [7, 11) is 0. The van der Waals surface area contributed by atoms with Gasteiger partial charge in [0.1, 0.15) is 0 Å². The van der Waals surface area contributed by atoms with Gasteiger partial charge in [-0.05, 0) is 60.2 Å². The Balaban J connectivity index is 1.69. The van der Waals surface area contributed by atoms with E-state index < -0.39 is 0 Å². The Bertz CT molecular complexity index is 334. The molecule has 0 aromatic carbocycles. The van der Waals surface area contributed by atoms with E-state index in [-0.39, 0.29) is 0 Å². The van der Waals surface area contributed by atoms with Crippen molar-refractivity contribution in [3.8, 4) is 0 Å². The van der Waals surface area contributed by atoms with Gasteiger partial charge in [-0.2, -0.15) is 0 Å². The molecule has 1 aromatic heterocycles. The number of thiophene rings is 1. The first-order valence-electron chi connectivity index (χ1n) is 6.44. The van der Waals surface area contributed by atoms with Gasteiger partial charge < -0.3 is 5.32 Å². The maximum Gasteiger partial charge on any atom is 0.0327 e. The zero-order valence-electron chi connectivity index (χ0n) is 10.4. The fourth-order valence-corrected chi connectivity index (χ4v) is 3.80. The maximum absolute atomic E-state index is 3.57. The molecule has 0 amide bonds. The molecule has 1 unspecified atom stereocenters. The Morgan fingerprint density at radius 2 is 2.18 bits per heavy atom. The summed E-state index contributed by atoms with van der Waals surface area (Å²) in [5, 5.41) is 5.70. The molecule has 0 bridgehead atoms. The number of hydrogen-bond donors (Lipinski definition) is 1. The van der Waals surface area contributed by atoms with Gasteiger partial charge >= 0.3 is 0 Å². The topological polar surface area (TPSA) is 15.3 Å². The summed E-state index contributed by atoms with van der Waals surface area (Å²) in [6.45, 7) is 6.97. The van der Waals surface area contributed by atoms with E-state index >= 15 is 0 Å². The highest BCUT2D eigenvalue weighted by Gasteiger charge is 2.16. The first kappa shape index (κ1) is 13.5. The zero-order chi connectivity index (χ0) is 12.1. The molecule has 0 saturated carbocycles. The van der Waals surface area contributed by atoms with Crippen LogP contribution in [-0.4, -0.2) is 30.6 Å². The minimum atomic E-state index is 0.661. The number of likely N-dealkylation sites (tertiary alicyclic amines) is 1. The lowest BCUT2D eigenvalue weighted by atomic mass is 10.1. The van der Waals surface area contributed by atoms with Crippen molar-refractivity contribution in [2.45, 2.75) is 38.8 Å². The summed E-state index contributed by atoms with van der Waals surface area (Å²) in [6.07, 6.45) is 4.17. The van der Waals surface area contributed by atoms with Gasteiger partial charge in [-0.15, -0.1) is 11.3 Å².